The minimum absolute atomic E-state index is 0.133. The summed E-state index contributed by atoms with van der Waals surface area (Å²) in [4.78, 5) is 15.7. The summed E-state index contributed by atoms with van der Waals surface area (Å²) >= 11 is 0. The van der Waals surface area contributed by atoms with Gasteiger partial charge < -0.3 is 35.4 Å². The largest absolute Gasteiger partial charge is 0.443 e. The van der Waals surface area contributed by atoms with Crippen LogP contribution in [0.15, 0.2) is 18.7 Å². The Morgan fingerprint density at radius 1 is 1.16 bits per heavy atom. The van der Waals surface area contributed by atoms with Gasteiger partial charge in [-0.2, -0.15) is 0 Å². The molecule has 1 aliphatic carbocycles. The van der Waals surface area contributed by atoms with Gasteiger partial charge in [0.2, 0.25) is 0 Å². The predicted molar refractivity (Wildman–Crippen MR) is 82.4 cm³/mol. The van der Waals surface area contributed by atoms with Crippen LogP contribution in [0.2, 0.25) is 0 Å². The van der Waals surface area contributed by atoms with Crippen LogP contribution in [0.1, 0.15) is 26.7 Å². The summed E-state index contributed by atoms with van der Waals surface area (Å²) in [5.74, 6) is 0. The highest BCUT2D eigenvalue weighted by Crippen LogP contribution is 2.33. The zero-order valence-corrected chi connectivity index (χ0v) is 13.9. The third-order valence-electron chi connectivity index (χ3n) is 4.74. The molecule has 1 heterocycles. The number of imidazole rings is 1. The lowest BCUT2D eigenvalue weighted by Gasteiger charge is -2.40. The van der Waals surface area contributed by atoms with E-state index >= 15 is 0 Å². The summed E-state index contributed by atoms with van der Waals surface area (Å²) < 4.78 is 6.16. The minimum atomic E-state index is -2.37. The second-order valence-corrected chi connectivity index (χ2v) is 6.84. The molecule has 1 aromatic rings. The predicted octanol–water partition coefficient (Wildman–Crippen LogP) is -2.02. The number of hydrogen-bond acceptors (Lipinski definition) is 9. The van der Waals surface area contributed by atoms with E-state index in [0.717, 1.165) is 11.5 Å². The van der Waals surface area contributed by atoms with Crippen molar-refractivity contribution in [3.8, 4) is 0 Å². The van der Waals surface area contributed by atoms with Gasteiger partial charge in [-0.15, -0.1) is 0 Å². The lowest BCUT2D eigenvalue weighted by atomic mass is 9.81. The van der Waals surface area contributed by atoms with Crippen LogP contribution >= 0.6 is 0 Å². The first kappa shape index (κ1) is 19.8. The molecule has 7 atom stereocenters. The highest BCUT2D eigenvalue weighted by atomic mass is 16.6. The Labute approximate surface area is 143 Å². The molecule has 10 nitrogen and oxygen atoms in total. The first-order valence-electron chi connectivity index (χ1n) is 7.84. The standard InChI is InChI=1S/C15H24N2O8/c1-14(23)4-3-8(25-13(22)17-6-5-16-7-17)9(18)10(19)15(2,24)12(21)11(14)20/h5-12,18-21,23-24H,3-4H2,1-2H3. The fourth-order valence-corrected chi connectivity index (χ4v) is 2.82. The Hall–Kier alpha value is -1.56. The van der Waals surface area contributed by atoms with Crippen molar-refractivity contribution < 1.29 is 40.2 Å². The molecule has 0 bridgehead atoms. The molecular formula is C15H24N2O8. The van der Waals surface area contributed by atoms with Crippen LogP contribution in [0.5, 0.6) is 0 Å². The maximum absolute atomic E-state index is 12.0. The van der Waals surface area contributed by atoms with E-state index in [0.29, 0.717) is 0 Å². The Morgan fingerprint density at radius 3 is 2.36 bits per heavy atom. The summed E-state index contributed by atoms with van der Waals surface area (Å²) in [7, 11) is 0. The van der Waals surface area contributed by atoms with E-state index in [1.54, 1.807) is 0 Å². The summed E-state index contributed by atoms with van der Waals surface area (Å²) in [5, 5.41) is 61.5. The van der Waals surface area contributed by atoms with Gasteiger partial charge in [0, 0.05) is 12.4 Å². The fraction of sp³-hybridized carbons (Fsp3) is 0.733. The number of nitrogens with zero attached hydrogens (tertiary/aromatic N) is 2. The molecule has 10 heteroatoms. The molecule has 6 N–H and O–H groups in total. The molecule has 0 aromatic carbocycles. The van der Waals surface area contributed by atoms with Crippen molar-refractivity contribution in [3.63, 3.8) is 0 Å². The van der Waals surface area contributed by atoms with Crippen LogP contribution in [0.25, 0.3) is 0 Å². The molecule has 0 radical (unpaired) electrons. The van der Waals surface area contributed by atoms with Gasteiger partial charge in [0.15, 0.2) is 0 Å². The summed E-state index contributed by atoms with van der Waals surface area (Å²) in [6, 6.07) is 0. The number of aliphatic hydroxyl groups excluding tert-OH is 4. The number of aliphatic hydroxyl groups is 6. The molecule has 0 amide bonds. The molecule has 7 unspecified atom stereocenters. The Kier molecular flexibility index (Phi) is 5.52. The quantitative estimate of drug-likeness (QED) is 0.331. The number of carbonyl (C=O) groups excluding carboxylic acids is 1. The third-order valence-corrected chi connectivity index (χ3v) is 4.74. The minimum Gasteiger partial charge on any atom is -0.443 e. The number of ether oxygens (including phenoxy) is 1. The number of carbonyl (C=O) groups is 1. The molecule has 1 aliphatic rings. The van der Waals surface area contributed by atoms with Crippen LogP contribution in [-0.2, 0) is 4.74 Å². The first-order chi connectivity index (χ1) is 11.5. The molecular weight excluding hydrogens is 336 g/mol. The van der Waals surface area contributed by atoms with Crippen molar-refractivity contribution in [2.45, 2.75) is 68.4 Å². The van der Waals surface area contributed by atoms with E-state index in [1.165, 1.54) is 25.6 Å². The molecule has 1 aromatic heterocycles. The molecule has 2 rings (SSSR count). The lowest BCUT2D eigenvalue weighted by Crippen LogP contribution is -2.62. The second kappa shape index (κ2) is 6.98. The van der Waals surface area contributed by atoms with Gasteiger partial charge in [-0.25, -0.2) is 14.3 Å². The Bertz CT molecular complexity index is 588. The Balaban J connectivity index is 2.30. The van der Waals surface area contributed by atoms with Gasteiger partial charge in [0.1, 0.15) is 42.4 Å². The highest BCUT2D eigenvalue weighted by Gasteiger charge is 2.53. The van der Waals surface area contributed by atoms with Crippen LogP contribution in [0, 0.1) is 0 Å². The number of hydrogen-bond donors (Lipinski definition) is 6. The normalized spacial score (nSPS) is 43.0. The van der Waals surface area contributed by atoms with Crippen molar-refractivity contribution in [2.24, 2.45) is 0 Å². The maximum atomic E-state index is 12.0. The van der Waals surface area contributed by atoms with Crippen molar-refractivity contribution in [3.05, 3.63) is 18.7 Å². The monoisotopic (exact) mass is 360 g/mol. The molecule has 1 saturated carbocycles. The van der Waals surface area contributed by atoms with Crippen molar-refractivity contribution in [1.82, 2.24) is 9.55 Å². The molecule has 0 aliphatic heterocycles. The van der Waals surface area contributed by atoms with Crippen molar-refractivity contribution >= 4 is 6.09 Å². The maximum Gasteiger partial charge on any atom is 0.419 e. The van der Waals surface area contributed by atoms with E-state index in [4.69, 9.17) is 4.74 Å². The van der Waals surface area contributed by atoms with Gasteiger partial charge in [-0.3, -0.25) is 0 Å². The van der Waals surface area contributed by atoms with Gasteiger partial charge in [-0.1, -0.05) is 0 Å². The number of rotatable bonds is 1. The van der Waals surface area contributed by atoms with Crippen molar-refractivity contribution in [1.29, 1.82) is 0 Å². The molecule has 25 heavy (non-hydrogen) atoms. The van der Waals surface area contributed by atoms with Crippen LogP contribution in [-0.4, -0.2) is 88.0 Å². The van der Waals surface area contributed by atoms with Gasteiger partial charge in [-0.05, 0) is 26.7 Å². The van der Waals surface area contributed by atoms with E-state index in [1.807, 2.05) is 0 Å². The van der Waals surface area contributed by atoms with Crippen LogP contribution in [0.3, 0.4) is 0 Å². The van der Waals surface area contributed by atoms with E-state index in [-0.39, 0.29) is 12.8 Å². The lowest BCUT2D eigenvalue weighted by molar-refractivity contribution is -0.218. The zero-order chi connectivity index (χ0) is 19.0. The SMILES string of the molecule is CC1(O)CCC(OC(=O)n2ccnc2)C(O)C(O)C(C)(O)C(O)C1O. The van der Waals surface area contributed by atoms with E-state index in [2.05, 4.69) is 4.98 Å². The average molecular weight is 360 g/mol. The Morgan fingerprint density at radius 2 is 1.80 bits per heavy atom. The smallest absolute Gasteiger partial charge is 0.419 e. The van der Waals surface area contributed by atoms with Gasteiger partial charge in [0.25, 0.3) is 0 Å². The average Bonchev–Trinajstić information content (AvgIpc) is 3.09. The van der Waals surface area contributed by atoms with Gasteiger partial charge >= 0.3 is 6.09 Å². The zero-order valence-electron chi connectivity index (χ0n) is 13.9. The van der Waals surface area contributed by atoms with Crippen molar-refractivity contribution in [2.75, 3.05) is 0 Å². The highest BCUT2D eigenvalue weighted by molar-refractivity contribution is 5.70. The summed E-state index contributed by atoms with van der Waals surface area (Å²) in [5.41, 5.74) is -4.22. The molecule has 0 spiro atoms. The second-order valence-electron chi connectivity index (χ2n) is 6.84. The van der Waals surface area contributed by atoms with Crippen LogP contribution in [0.4, 0.5) is 4.79 Å². The third kappa shape index (κ3) is 3.84. The molecule has 0 saturated heterocycles. The summed E-state index contributed by atoms with van der Waals surface area (Å²) in [6.07, 6.45) is -6.11. The van der Waals surface area contributed by atoms with Gasteiger partial charge in [0.05, 0.1) is 5.60 Å². The summed E-state index contributed by atoms with van der Waals surface area (Å²) in [6.45, 7) is 2.24. The molecule has 142 valence electrons. The fourth-order valence-electron chi connectivity index (χ4n) is 2.82. The van der Waals surface area contributed by atoms with Crippen LogP contribution < -0.4 is 0 Å². The topological polar surface area (TPSA) is 166 Å². The number of aromatic nitrogens is 2. The first-order valence-corrected chi connectivity index (χ1v) is 7.84. The molecule has 1 fully saturated rings. The van der Waals surface area contributed by atoms with E-state index < -0.39 is 47.8 Å². The van der Waals surface area contributed by atoms with E-state index in [9.17, 15) is 35.4 Å².